The van der Waals surface area contributed by atoms with Gasteiger partial charge in [0.05, 0.1) is 0 Å². The van der Waals surface area contributed by atoms with Crippen LogP contribution in [0, 0.1) is 21.7 Å². The molecule has 3 aliphatic carbocycles. The molecule has 5 N–H and O–H groups in total. The zero-order valence-corrected chi connectivity index (χ0v) is 56.3. The number of fused-ring (bicyclic) bond motifs is 2. The molecule has 3 amide bonds. The van der Waals surface area contributed by atoms with Crippen LogP contribution in [-0.4, -0.2) is 71.4 Å². The minimum atomic E-state index is -0.251. The predicted octanol–water partition coefficient (Wildman–Crippen LogP) is 12.9. The van der Waals surface area contributed by atoms with E-state index in [9.17, 15) is 38.4 Å². The van der Waals surface area contributed by atoms with Gasteiger partial charge in [-0.3, -0.25) is 68.3 Å². The van der Waals surface area contributed by atoms with Gasteiger partial charge in [-0.25, -0.2) is 0 Å². The van der Waals surface area contributed by atoms with Gasteiger partial charge < -0.3 is 5.32 Å². The molecule has 16 heteroatoms. The van der Waals surface area contributed by atoms with Crippen LogP contribution >= 0.6 is 0 Å². The molecule has 0 unspecified atom stereocenters. The standard InChI is InChI=1S/C14H18O2.2C11H18N2O.C10H14O.C9H13NO2.C8H13NO.C7H12N2/c1-14(2,3)11-8-10-9(7-13(11)16)5-4-6-12(10)15;2*1-11(2,3)9-8-6-4-5-7-13(8)12-10(9)14;1-10(2,3)8-6-4-5-7-9(8)11;1-9(2,3)6-4-5-7(11)10-8(6)12;1-8(2,3)6-4-5-9-7(6)10;1-7(2,3)6-4-5-8-9-6/h8H,4-7H2,1-3H3;2*4-7H2,1-3H3,(H,12,14);4-6H,7H2,1-3H3;4H,5H2,1-3H3,(H,10,11,12);4H,5H2,1-3H3,(H,9,10);4-5H,1-3H3,(H,8,9). The molecule has 0 saturated heterocycles. The van der Waals surface area contributed by atoms with Crippen LogP contribution in [0.3, 0.4) is 0 Å². The Morgan fingerprint density at radius 1 is 0.477 bits per heavy atom. The lowest BCUT2D eigenvalue weighted by Crippen LogP contribution is -2.38. The van der Waals surface area contributed by atoms with Gasteiger partial charge in [0, 0.05) is 113 Å². The Morgan fingerprint density at radius 2 is 0.977 bits per heavy atom. The molecular weight excluding hydrogens is 1080 g/mol. The van der Waals surface area contributed by atoms with Crippen molar-refractivity contribution in [3.05, 3.63) is 131 Å². The fourth-order valence-electron chi connectivity index (χ4n) is 11.2. The summed E-state index contributed by atoms with van der Waals surface area (Å²) in [6.07, 6.45) is 23.8. The molecule has 0 bridgehead atoms. The monoisotopic (exact) mass is 1190 g/mol. The van der Waals surface area contributed by atoms with Crippen LogP contribution in [0.5, 0.6) is 0 Å². The number of aromatic nitrogens is 6. The Balaban J connectivity index is 0.000000217. The number of Topliss-reactive ketones (excluding diaryl/α,β-unsaturated/α-hetero) is 3. The van der Waals surface area contributed by atoms with Crippen molar-refractivity contribution in [2.75, 3.05) is 6.54 Å². The summed E-state index contributed by atoms with van der Waals surface area (Å²) in [4.78, 5) is 91.7. The topological polar surface area (TPSA) is 231 Å². The van der Waals surface area contributed by atoms with Gasteiger partial charge >= 0.3 is 0 Å². The van der Waals surface area contributed by atoms with Gasteiger partial charge in [-0.05, 0) is 96.0 Å². The molecule has 0 fully saturated rings. The van der Waals surface area contributed by atoms with Crippen molar-refractivity contribution in [3.8, 4) is 0 Å². The fourth-order valence-corrected chi connectivity index (χ4v) is 11.2. The predicted molar refractivity (Wildman–Crippen MR) is 346 cm³/mol. The highest BCUT2D eigenvalue weighted by Gasteiger charge is 2.34. The molecule has 0 radical (unpaired) electrons. The van der Waals surface area contributed by atoms with Crippen LogP contribution in [-0.2, 0) is 70.9 Å². The van der Waals surface area contributed by atoms with Crippen LogP contribution in [0.15, 0.2) is 91.7 Å². The molecule has 3 aromatic rings. The molecule has 0 spiro atoms. The third-order valence-corrected chi connectivity index (χ3v) is 15.6. The van der Waals surface area contributed by atoms with E-state index in [1.54, 1.807) is 12.3 Å². The SMILES string of the molecule is CC(C)(C)C1=CC2=C(CCCC2=O)CC1=O.CC(C)(C)C1=CC=CCC1=O.CC(C)(C)C1=CCC(=O)NC1=O.CC(C)(C)C1=CCNC1=O.CC(C)(C)c1c2n([nH]c1=O)CCCC2.CC(C)(C)c1c2n([nH]c1=O)CCCC2.CC(C)(C)c1ccn[nH]1. The molecule has 0 aromatic carbocycles. The van der Waals surface area contributed by atoms with E-state index in [1.165, 1.54) is 42.8 Å². The molecule has 0 atom stereocenters. The van der Waals surface area contributed by atoms with Crippen LogP contribution < -0.4 is 21.8 Å². The first-order valence-electron chi connectivity index (χ1n) is 31.0. The fraction of sp³-hybridized carbons (Fsp3) is 0.614. The Hall–Kier alpha value is -6.71. The number of hydrogen-bond donors (Lipinski definition) is 5. The average Bonchev–Trinajstić information content (AvgIpc) is 1.62. The zero-order chi connectivity index (χ0) is 65.1. The number of ketones is 3. The van der Waals surface area contributed by atoms with Gasteiger partial charge in [-0.15, -0.1) is 0 Å². The van der Waals surface area contributed by atoms with Crippen LogP contribution in [0.2, 0.25) is 0 Å². The van der Waals surface area contributed by atoms with Crippen molar-refractivity contribution in [1.82, 2.24) is 40.4 Å². The van der Waals surface area contributed by atoms with Crippen molar-refractivity contribution in [1.29, 1.82) is 0 Å². The maximum absolute atomic E-state index is 12.0. The minimum Gasteiger partial charge on any atom is -0.349 e. The number of carbonyl (C=O) groups is 6. The number of aryl methyl sites for hydroxylation is 2. The molecule has 7 aliphatic rings. The summed E-state index contributed by atoms with van der Waals surface area (Å²) in [6.45, 7) is 46.0. The van der Waals surface area contributed by atoms with Crippen molar-refractivity contribution in [2.24, 2.45) is 21.7 Å². The lowest BCUT2D eigenvalue weighted by molar-refractivity contribution is -0.129. The highest BCUT2D eigenvalue weighted by Crippen LogP contribution is 2.38. The summed E-state index contributed by atoms with van der Waals surface area (Å²) in [7, 11) is 0. The first kappa shape index (κ1) is 71.8. The van der Waals surface area contributed by atoms with E-state index in [0.717, 1.165) is 77.8 Å². The molecule has 16 nitrogen and oxygen atoms in total. The second-order valence-corrected chi connectivity index (χ2v) is 30.6. The zero-order valence-electron chi connectivity index (χ0n) is 56.3. The second kappa shape index (κ2) is 28.9. The smallest absolute Gasteiger partial charge is 0.268 e. The van der Waals surface area contributed by atoms with Crippen molar-refractivity contribution < 1.29 is 28.8 Å². The number of imide groups is 1. The lowest BCUT2D eigenvalue weighted by atomic mass is 9.74. The maximum atomic E-state index is 12.0. The molecule has 3 aromatic heterocycles. The van der Waals surface area contributed by atoms with Crippen molar-refractivity contribution in [2.45, 2.75) is 252 Å². The Bertz CT molecular complexity index is 3170. The van der Waals surface area contributed by atoms with Crippen molar-refractivity contribution in [3.63, 3.8) is 0 Å². The normalized spacial score (nSPS) is 18.0. The number of rotatable bonds is 0. The average molecular weight is 1190 g/mol. The Kier molecular flexibility index (Phi) is 24.1. The molecule has 474 valence electrons. The van der Waals surface area contributed by atoms with Crippen LogP contribution in [0.1, 0.15) is 238 Å². The summed E-state index contributed by atoms with van der Waals surface area (Å²) >= 11 is 0. The van der Waals surface area contributed by atoms with Crippen LogP contribution in [0.4, 0.5) is 0 Å². The summed E-state index contributed by atoms with van der Waals surface area (Å²) in [5, 5.41) is 17.7. The van der Waals surface area contributed by atoms with E-state index in [1.807, 2.05) is 108 Å². The van der Waals surface area contributed by atoms with E-state index >= 15 is 0 Å². The van der Waals surface area contributed by atoms with Gasteiger partial charge in [-0.1, -0.05) is 181 Å². The van der Waals surface area contributed by atoms with E-state index in [2.05, 4.69) is 114 Å². The minimum absolute atomic E-state index is 0.000579. The van der Waals surface area contributed by atoms with Gasteiger partial charge in [0.2, 0.25) is 11.8 Å². The van der Waals surface area contributed by atoms with Gasteiger partial charge in [0.1, 0.15) is 0 Å². The first-order chi connectivity index (χ1) is 39.4. The molecule has 86 heavy (non-hydrogen) atoms. The van der Waals surface area contributed by atoms with E-state index in [0.29, 0.717) is 37.8 Å². The summed E-state index contributed by atoms with van der Waals surface area (Å²) in [5.74, 6) is 0.302. The third kappa shape index (κ3) is 20.5. The molecular formula is C70H106N8O8. The highest BCUT2D eigenvalue weighted by atomic mass is 16.2. The van der Waals surface area contributed by atoms with Gasteiger partial charge in [-0.2, -0.15) is 5.10 Å². The summed E-state index contributed by atoms with van der Waals surface area (Å²) in [5.41, 5.74) is 10.9. The number of nitrogens with zero attached hydrogens (tertiary/aromatic N) is 3. The Labute approximate surface area is 513 Å². The van der Waals surface area contributed by atoms with Gasteiger partial charge in [0.25, 0.3) is 17.0 Å². The molecule has 0 saturated carbocycles. The first-order valence-corrected chi connectivity index (χ1v) is 31.0. The van der Waals surface area contributed by atoms with Gasteiger partial charge in [0.15, 0.2) is 17.3 Å². The second-order valence-electron chi connectivity index (χ2n) is 30.6. The molecule has 10 rings (SSSR count). The number of aromatic amines is 3. The number of amides is 3. The maximum Gasteiger partial charge on any atom is 0.268 e. The summed E-state index contributed by atoms with van der Waals surface area (Å²) < 4.78 is 4.07. The van der Waals surface area contributed by atoms with E-state index in [-0.39, 0.29) is 84.1 Å². The lowest BCUT2D eigenvalue weighted by Gasteiger charge is -2.28. The summed E-state index contributed by atoms with van der Waals surface area (Å²) in [6, 6.07) is 2.00. The number of H-pyrrole nitrogens is 3. The quantitative estimate of drug-likeness (QED) is 0.135. The number of nitrogens with one attached hydrogen (secondary N) is 5. The third-order valence-electron chi connectivity index (χ3n) is 15.6. The molecule has 7 heterocycles. The highest BCUT2D eigenvalue weighted by molar-refractivity contribution is 6.09. The Morgan fingerprint density at radius 3 is 1.35 bits per heavy atom. The van der Waals surface area contributed by atoms with E-state index in [4.69, 9.17) is 0 Å². The number of carbonyl (C=O) groups excluding carboxylic acids is 6. The van der Waals surface area contributed by atoms with Crippen molar-refractivity contribution >= 4 is 35.1 Å². The van der Waals surface area contributed by atoms with E-state index < -0.39 is 0 Å². The number of allylic oxidation sites excluding steroid dienone is 8. The number of hydrogen-bond acceptors (Lipinski definition) is 9. The molecule has 4 aliphatic heterocycles. The largest absolute Gasteiger partial charge is 0.349 e. The van der Waals surface area contributed by atoms with Crippen LogP contribution in [0.25, 0.3) is 0 Å².